The zero-order chi connectivity index (χ0) is 11.4. The summed E-state index contributed by atoms with van der Waals surface area (Å²) in [4.78, 5) is 11.5. The molecule has 0 saturated heterocycles. The fourth-order valence-electron chi connectivity index (χ4n) is 0.801. The second kappa shape index (κ2) is 5.15. The maximum Gasteiger partial charge on any atom is 0.323 e. The van der Waals surface area contributed by atoms with Crippen molar-refractivity contribution in [2.24, 2.45) is 0 Å². The summed E-state index contributed by atoms with van der Waals surface area (Å²) in [5, 5.41) is 3.03. The van der Waals surface area contributed by atoms with E-state index >= 15 is 0 Å². The van der Waals surface area contributed by atoms with Gasteiger partial charge in [0.15, 0.2) is 0 Å². The predicted octanol–water partition coefficient (Wildman–Crippen LogP) is 1.88. The van der Waals surface area contributed by atoms with Gasteiger partial charge in [0.1, 0.15) is 11.6 Å². The van der Waals surface area contributed by atoms with Gasteiger partial charge >= 0.3 is 5.97 Å². The molecule has 0 bridgehead atoms. The molecule has 14 heavy (non-hydrogen) atoms. The summed E-state index contributed by atoms with van der Waals surface area (Å²) in [6.45, 7) is 13.7. The van der Waals surface area contributed by atoms with Gasteiger partial charge in [0.25, 0.3) is 0 Å². The second-order valence-electron chi connectivity index (χ2n) is 4.59. The number of ether oxygens (including phenoxy) is 1. The zero-order valence-electron chi connectivity index (χ0n) is 9.81. The van der Waals surface area contributed by atoms with E-state index in [0.717, 1.165) is 5.57 Å². The molecule has 3 nitrogen and oxygen atoms in total. The molecule has 1 unspecified atom stereocenters. The fourth-order valence-corrected chi connectivity index (χ4v) is 0.801. The van der Waals surface area contributed by atoms with E-state index in [9.17, 15) is 4.79 Å². The van der Waals surface area contributed by atoms with E-state index in [0.29, 0.717) is 6.54 Å². The van der Waals surface area contributed by atoms with Crippen LogP contribution in [0.5, 0.6) is 0 Å². The quantitative estimate of drug-likeness (QED) is 0.555. The van der Waals surface area contributed by atoms with Crippen LogP contribution in [0, 0.1) is 0 Å². The van der Waals surface area contributed by atoms with Crippen molar-refractivity contribution in [3.63, 3.8) is 0 Å². The molecule has 0 aromatic heterocycles. The molecule has 0 rings (SSSR count). The summed E-state index contributed by atoms with van der Waals surface area (Å²) in [7, 11) is 0. The number of rotatable bonds is 4. The maximum absolute atomic E-state index is 11.5. The van der Waals surface area contributed by atoms with Gasteiger partial charge in [-0.3, -0.25) is 4.79 Å². The molecule has 0 radical (unpaired) electrons. The highest BCUT2D eigenvalue weighted by Crippen LogP contribution is 2.08. The molecule has 0 amide bonds. The molecule has 0 heterocycles. The van der Waals surface area contributed by atoms with Crippen LogP contribution in [0.15, 0.2) is 12.2 Å². The van der Waals surface area contributed by atoms with Crippen LogP contribution >= 0.6 is 0 Å². The van der Waals surface area contributed by atoms with Gasteiger partial charge in [-0.1, -0.05) is 12.2 Å². The Bertz CT molecular complexity index is 216. The van der Waals surface area contributed by atoms with Crippen LogP contribution in [0.3, 0.4) is 0 Å². The summed E-state index contributed by atoms with van der Waals surface area (Å²) in [5.41, 5.74) is 0.580. The highest BCUT2D eigenvalue weighted by Gasteiger charge is 2.20. The highest BCUT2D eigenvalue weighted by atomic mass is 16.6. The van der Waals surface area contributed by atoms with E-state index in [4.69, 9.17) is 4.74 Å². The Morgan fingerprint density at radius 1 is 1.50 bits per heavy atom. The van der Waals surface area contributed by atoms with Crippen molar-refractivity contribution in [3.8, 4) is 0 Å². The first-order valence-corrected chi connectivity index (χ1v) is 4.83. The lowest BCUT2D eigenvalue weighted by atomic mass is 10.2. The van der Waals surface area contributed by atoms with Crippen LogP contribution in [0.25, 0.3) is 0 Å². The van der Waals surface area contributed by atoms with Crippen molar-refractivity contribution in [1.29, 1.82) is 0 Å². The number of nitrogens with one attached hydrogen (secondary N) is 1. The Labute approximate surface area is 86.5 Å². The average Bonchev–Trinajstić information content (AvgIpc) is 1.96. The van der Waals surface area contributed by atoms with Crippen LogP contribution in [0.1, 0.15) is 34.6 Å². The maximum atomic E-state index is 11.5. The number of carbonyl (C=O) groups excluding carboxylic acids is 1. The molecule has 0 aromatic rings. The van der Waals surface area contributed by atoms with E-state index in [1.807, 2.05) is 27.7 Å². The van der Waals surface area contributed by atoms with Gasteiger partial charge in [-0.25, -0.2) is 0 Å². The number of hydrogen-bond donors (Lipinski definition) is 1. The topological polar surface area (TPSA) is 38.3 Å². The summed E-state index contributed by atoms with van der Waals surface area (Å²) in [6.07, 6.45) is 0. The molecule has 82 valence electrons. The minimum atomic E-state index is -0.420. The summed E-state index contributed by atoms with van der Waals surface area (Å²) in [5.74, 6) is -0.223. The number of carbonyl (C=O) groups is 1. The van der Waals surface area contributed by atoms with Crippen LogP contribution in [0.4, 0.5) is 0 Å². The van der Waals surface area contributed by atoms with Gasteiger partial charge in [0.05, 0.1) is 0 Å². The molecule has 0 aliphatic carbocycles. The van der Waals surface area contributed by atoms with Crippen LogP contribution in [-0.2, 0) is 9.53 Å². The molecule has 0 aliphatic heterocycles. The van der Waals surface area contributed by atoms with Crippen molar-refractivity contribution in [1.82, 2.24) is 5.32 Å². The van der Waals surface area contributed by atoms with Crippen molar-refractivity contribution >= 4 is 5.97 Å². The third-order valence-electron chi connectivity index (χ3n) is 1.47. The van der Waals surface area contributed by atoms with Crippen molar-refractivity contribution in [2.45, 2.75) is 46.3 Å². The molecular weight excluding hydrogens is 178 g/mol. The van der Waals surface area contributed by atoms with E-state index in [-0.39, 0.29) is 12.0 Å². The van der Waals surface area contributed by atoms with Crippen molar-refractivity contribution in [2.75, 3.05) is 6.54 Å². The smallest absolute Gasteiger partial charge is 0.323 e. The number of hydrogen-bond acceptors (Lipinski definition) is 3. The molecule has 0 aliphatic rings. The van der Waals surface area contributed by atoms with E-state index < -0.39 is 5.60 Å². The lowest BCUT2D eigenvalue weighted by molar-refractivity contribution is -0.156. The highest BCUT2D eigenvalue weighted by molar-refractivity contribution is 5.75. The van der Waals surface area contributed by atoms with E-state index in [2.05, 4.69) is 11.9 Å². The Balaban J connectivity index is 3.94. The van der Waals surface area contributed by atoms with Crippen molar-refractivity contribution in [3.05, 3.63) is 12.2 Å². The van der Waals surface area contributed by atoms with Gasteiger partial charge in [0.2, 0.25) is 0 Å². The van der Waals surface area contributed by atoms with Gasteiger partial charge in [-0.2, -0.15) is 0 Å². The Morgan fingerprint density at radius 3 is 2.36 bits per heavy atom. The summed E-state index contributed by atoms with van der Waals surface area (Å²) in [6, 6.07) is -0.286. The third kappa shape index (κ3) is 6.66. The molecule has 0 fully saturated rings. The van der Waals surface area contributed by atoms with Crippen LogP contribution < -0.4 is 5.32 Å². The largest absolute Gasteiger partial charge is 0.459 e. The molecule has 0 saturated carbocycles. The Hall–Kier alpha value is -0.830. The number of esters is 1. The minimum absolute atomic E-state index is 0.223. The third-order valence-corrected chi connectivity index (χ3v) is 1.47. The minimum Gasteiger partial charge on any atom is -0.459 e. The molecule has 0 aromatic carbocycles. The first-order valence-electron chi connectivity index (χ1n) is 4.83. The normalized spacial score (nSPS) is 13.5. The Morgan fingerprint density at radius 2 is 2.00 bits per heavy atom. The lowest BCUT2D eigenvalue weighted by Crippen LogP contribution is -2.39. The molecule has 3 heteroatoms. The molecule has 1 atom stereocenters. The standard InChI is InChI=1S/C11H21NO2/c1-8(2)7-12-9(3)10(13)14-11(4,5)6/h9,12H,1,7H2,2-6H3. The van der Waals surface area contributed by atoms with Crippen LogP contribution in [-0.4, -0.2) is 24.2 Å². The second-order valence-corrected chi connectivity index (χ2v) is 4.59. The SMILES string of the molecule is C=C(C)CNC(C)C(=O)OC(C)(C)C. The van der Waals surface area contributed by atoms with Crippen molar-refractivity contribution < 1.29 is 9.53 Å². The first kappa shape index (κ1) is 13.2. The van der Waals surface area contributed by atoms with Gasteiger partial charge in [-0.15, -0.1) is 0 Å². The molecule has 1 N–H and O–H groups in total. The molecule has 0 spiro atoms. The van der Waals surface area contributed by atoms with Gasteiger partial charge in [0, 0.05) is 6.54 Å². The van der Waals surface area contributed by atoms with Crippen LogP contribution in [0.2, 0.25) is 0 Å². The lowest BCUT2D eigenvalue weighted by Gasteiger charge is -2.22. The summed E-state index contributed by atoms with van der Waals surface area (Å²) < 4.78 is 5.20. The van der Waals surface area contributed by atoms with Gasteiger partial charge < -0.3 is 10.1 Å². The molecular formula is C11H21NO2. The predicted molar refractivity (Wildman–Crippen MR) is 58.1 cm³/mol. The first-order chi connectivity index (χ1) is 6.22. The van der Waals surface area contributed by atoms with E-state index in [1.54, 1.807) is 6.92 Å². The monoisotopic (exact) mass is 199 g/mol. The summed E-state index contributed by atoms with van der Waals surface area (Å²) >= 11 is 0. The average molecular weight is 199 g/mol. The zero-order valence-corrected chi connectivity index (χ0v) is 9.81. The Kier molecular flexibility index (Phi) is 4.85. The van der Waals surface area contributed by atoms with Gasteiger partial charge in [-0.05, 0) is 34.6 Å². The fraction of sp³-hybridized carbons (Fsp3) is 0.727. The van der Waals surface area contributed by atoms with E-state index in [1.165, 1.54) is 0 Å².